The quantitative estimate of drug-likeness (QED) is 0.411. The van der Waals surface area contributed by atoms with E-state index in [9.17, 15) is 4.39 Å². The number of nitrogens with zero attached hydrogens (tertiary/aromatic N) is 1. The molecular weight excluding hydrogens is 333 g/mol. The number of benzene rings is 2. The molecule has 5 nitrogen and oxygen atoms in total. The van der Waals surface area contributed by atoms with Crippen molar-refractivity contribution in [1.82, 2.24) is 10.6 Å². The summed E-state index contributed by atoms with van der Waals surface area (Å²) >= 11 is 0. The number of ether oxygens (including phenoxy) is 2. The molecule has 2 rings (SSSR count). The van der Waals surface area contributed by atoms with Gasteiger partial charge in [0.15, 0.2) is 5.96 Å². The van der Waals surface area contributed by atoms with Crippen molar-refractivity contribution in [2.24, 2.45) is 4.99 Å². The minimum absolute atomic E-state index is 0.215. The van der Waals surface area contributed by atoms with E-state index in [1.54, 1.807) is 26.3 Å². The van der Waals surface area contributed by atoms with Crippen molar-refractivity contribution < 1.29 is 13.9 Å². The molecule has 0 amide bonds. The highest BCUT2D eigenvalue weighted by Gasteiger charge is 2.02. The van der Waals surface area contributed by atoms with E-state index in [1.165, 1.54) is 12.1 Å². The Morgan fingerprint density at radius 2 is 1.77 bits per heavy atom. The number of methoxy groups -OCH3 is 1. The molecule has 2 aromatic carbocycles. The molecule has 0 spiro atoms. The van der Waals surface area contributed by atoms with Crippen LogP contribution in [-0.4, -0.2) is 39.8 Å². The van der Waals surface area contributed by atoms with E-state index in [-0.39, 0.29) is 5.82 Å². The molecule has 0 saturated carbocycles. The fourth-order valence-electron chi connectivity index (χ4n) is 2.44. The molecule has 0 fully saturated rings. The van der Waals surface area contributed by atoms with Gasteiger partial charge in [-0.1, -0.05) is 30.3 Å². The van der Waals surface area contributed by atoms with Crippen LogP contribution in [0.3, 0.4) is 0 Å². The van der Waals surface area contributed by atoms with Crippen molar-refractivity contribution in [2.45, 2.75) is 13.0 Å². The summed E-state index contributed by atoms with van der Waals surface area (Å²) in [4.78, 5) is 4.18. The number of halogens is 1. The third kappa shape index (κ3) is 6.72. The summed E-state index contributed by atoms with van der Waals surface area (Å²) in [6, 6.07) is 14.3. The first-order chi connectivity index (χ1) is 12.7. The predicted molar refractivity (Wildman–Crippen MR) is 102 cm³/mol. The maximum atomic E-state index is 12.9. The van der Waals surface area contributed by atoms with E-state index in [4.69, 9.17) is 9.47 Å². The number of rotatable bonds is 9. The molecule has 0 unspecified atom stereocenters. The van der Waals surface area contributed by atoms with E-state index >= 15 is 0 Å². The Morgan fingerprint density at radius 1 is 1.04 bits per heavy atom. The largest absolute Gasteiger partial charge is 0.496 e. The van der Waals surface area contributed by atoms with Crippen LogP contribution in [-0.2, 0) is 17.8 Å². The minimum Gasteiger partial charge on any atom is -0.496 e. The fraction of sp³-hybridized carbons (Fsp3) is 0.350. The molecule has 0 aliphatic heterocycles. The van der Waals surface area contributed by atoms with Crippen molar-refractivity contribution >= 4 is 5.96 Å². The van der Waals surface area contributed by atoms with Crippen molar-refractivity contribution in [2.75, 3.05) is 33.9 Å². The molecule has 0 aliphatic rings. The van der Waals surface area contributed by atoms with Crippen molar-refractivity contribution in [1.29, 1.82) is 0 Å². The number of hydrogen-bond acceptors (Lipinski definition) is 3. The Balaban J connectivity index is 1.62. The first-order valence-electron chi connectivity index (χ1n) is 8.61. The van der Waals surface area contributed by atoms with Gasteiger partial charge >= 0.3 is 0 Å². The second-order valence-corrected chi connectivity index (χ2v) is 5.67. The van der Waals surface area contributed by atoms with Gasteiger partial charge in [-0.3, -0.25) is 4.99 Å². The van der Waals surface area contributed by atoms with Gasteiger partial charge in [-0.25, -0.2) is 4.39 Å². The summed E-state index contributed by atoms with van der Waals surface area (Å²) in [6.45, 7) is 2.41. The van der Waals surface area contributed by atoms with Crippen molar-refractivity contribution in [3.8, 4) is 5.75 Å². The lowest BCUT2D eigenvalue weighted by Crippen LogP contribution is -2.39. The van der Waals surface area contributed by atoms with Crippen LogP contribution in [0.5, 0.6) is 5.75 Å². The summed E-state index contributed by atoms with van der Waals surface area (Å²) in [5.41, 5.74) is 2.10. The maximum absolute atomic E-state index is 12.9. The minimum atomic E-state index is -0.215. The highest BCUT2D eigenvalue weighted by atomic mass is 19.1. The third-order valence-electron chi connectivity index (χ3n) is 3.83. The van der Waals surface area contributed by atoms with Gasteiger partial charge in [-0.2, -0.15) is 0 Å². The summed E-state index contributed by atoms with van der Waals surface area (Å²) < 4.78 is 23.9. The van der Waals surface area contributed by atoms with E-state index in [0.717, 1.165) is 23.3 Å². The van der Waals surface area contributed by atoms with Gasteiger partial charge in [0.1, 0.15) is 11.6 Å². The molecule has 26 heavy (non-hydrogen) atoms. The average Bonchev–Trinajstić information content (AvgIpc) is 2.68. The van der Waals surface area contributed by atoms with E-state index < -0.39 is 0 Å². The monoisotopic (exact) mass is 359 g/mol. The lowest BCUT2D eigenvalue weighted by molar-refractivity contribution is 0.123. The highest BCUT2D eigenvalue weighted by Crippen LogP contribution is 2.17. The number of para-hydroxylation sites is 1. The van der Waals surface area contributed by atoms with Crippen LogP contribution in [0.4, 0.5) is 4.39 Å². The zero-order chi connectivity index (χ0) is 18.6. The molecule has 0 aliphatic carbocycles. The summed E-state index contributed by atoms with van der Waals surface area (Å²) in [5, 5.41) is 6.43. The van der Waals surface area contributed by atoms with Crippen molar-refractivity contribution in [3.63, 3.8) is 0 Å². The normalized spacial score (nSPS) is 11.3. The molecule has 0 heterocycles. The summed E-state index contributed by atoms with van der Waals surface area (Å²) in [5.74, 6) is 1.33. The van der Waals surface area contributed by atoms with Gasteiger partial charge in [-0.05, 0) is 30.2 Å². The van der Waals surface area contributed by atoms with Crippen LogP contribution < -0.4 is 15.4 Å². The van der Waals surface area contributed by atoms with Crippen LogP contribution >= 0.6 is 0 Å². The Labute approximate surface area is 154 Å². The number of guanidine groups is 1. The van der Waals surface area contributed by atoms with Crippen LogP contribution in [0.1, 0.15) is 11.1 Å². The molecule has 0 bridgehead atoms. The molecule has 2 aromatic rings. The molecular formula is C20H26FN3O2. The molecule has 2 N–H and O–H groups in total. The third-order valence-corrected chi connectivity index (χ3v) is 3.83. The van der Waals surface area contributed by atoms with Gasteiger partial charge in [-0.15, -0.1) is 0 Å². The Hall–Kier alpha value is -2.60. The van der Waals surface area contributed by atoms with Gasteiger partial charge < -0.3 is 20.1 Å². The SMILES string of the molecule is CN=C(NCCOCc1ccccc1OC)NCCc1ccc(F)cc1. The van der Waals surface area contributed by atoms with Gasteiger partial charge in [0.2, 0.25) is 0 Å². The molecule has 6 heteroatoms. The number of hydrogen-bond donors (Lipinski definition) is 2. The highest BCUT2D eigenvalue weighted by molar-refractivity contribution is 5.79. The lowest BCUT2D eigenvalue weighted by Gasteiger charge is -2.13. The van der Waals surface area contributed by atoms with E-state index in [1.807, 2.05) is 24.3 Å². The maximum Gasteiger partial charge on any atom is 0.191 e. The topological polar surface area (TPSA) is 54.9 Å². The number of aliphatic imine (C=N–C) groups is 1. The standard InChI is InChI=1S/C20H26FN3O2/c1-22-20(23-12-11-16-7-9-18(21)10-8-16)24-13-14-26-15-17-5-3-4-6-19(17)25-2/h3-10H,11-15H2,1-2H3,(H2,22,23,24). The molecule has 0 atom stereocenters. The van der Waals surface area contributed by atoms with Crippen LogP contribution in [0, 0.1) is 5.82 Å². The second-order valence-electron chi connectivity index (χ2n) is 5.67. The lowest BCUT2D eigenvalue weighted by atomic mass is 10.1. The van der Waals surface area contributed by atoms with Gasteiger partial charge in [0.05, 0.1) is 20.3 Å². The first kappa shape index (κ1) is 19.7. The smallest absolute Gasteiger partial charge is 0.191 e. The molecule has 140 valence electrons. The van der Waals surface area contributed by atoms with Gasteiger partial charge in [0.25, 0.3) is 0 Å². The van der Waals surface area contributed by atoms with Crippen LogP contribution in [0.15, 0.2) is 53.5 Å². The molecule has 0 aromatic heterocycles. The van der Waals surface area contributed by atoms with E-state index in [2.05, 4.69) is 15.6 Å². The zero-order valence-corrected chi connectivity index (χ0v) is 15.3. The summed E-state index contributed by atoms with van der Waals surface area (Å²) in [7, 11) is 3.38. The van der Waals surface area contributed by atoms with Crippen LogP contribution in [0.2, 0.25) is 0 Å². The Bertz CT molecular complexity index is 690. The number of nitrogens with one attached hydrogen (secondary N) is 2. The fourth-order valence-corrected chi connectivity index (χ4v) is 2.44. The average molecular weight is 359 g/mol. The Morgan fingerprint density at radius 3 is 2.50 bits per heavy atom. The molecule has 0 radical (unpaired) electrons. The Kier molecular flexibility index (Phi) is 8.42. The van der Waals surface area contributed by atoms with E-state index in [0.29, 0.717) is 32.3 Å². The molecule has 0 saturated heterocycles. The van der Waals surface area contributed by atoms with Gasteiger partial charge in [0, 0.05) is 25.7 Å². The van der Waals surface area contributed by atoms with Crippen molar-refractivity contribution in [3.05, 3.63) is 65.5 Å². The summed E-state index contributed by atoms with van der Waals surface area (Å²) in [6.07, 6.45) is 0.797. The zero-order valence-electron chi connectivity index (χ0n) is 15.3. The predicted octanol–water partition coefficient (Wildman–Crippen LogP) is 2.76. The first-order valence-corrected chi connectivity index (χ1v) is 8.61. The van der Waals surface area contributed by atoms with Crippen LogP contribution in [0.25, 0.3) is 0 Å². The second kappa shape index (κ2) is 11.1.